The number of nitrogens with zero attached hydrogens (tertiary/aromatic N) is 3. The van der Waals surface area contributed by atoms with Crippen molar-refractivity contribution in [2.45, 2.75) is 40.0 Å². The van der Waals surface area contributed by atoms with Crippen LogP contribution in [-0.4, -0.2) is 23.1 Å². The number of rotatable bonds is 6. The van der Waals surface area contributed by atoms with Crippen molar-refractivity contribution in [2.75, 3.05) is 23.7 Å². The Morgan fingerprint density at radius 3 is 2.56 bits per heavy atom. The molecule has 0 aromatic carbocycles. The van der Waals surface area contributed by atoms with Gasteiger partial charge in [-0.1, -0.05) is 20.3 Å². The van der Waals surface area contributed by atoms with Crippen LogP contribution in [0.4, 0.5) is 11.6 Å². The Labute approximate surface area is 97.9 Å². The maximum Gasteiger partial charge on any atom is 0.134 e. The molecule has 0 fully saturated rings. The van der Waals surface area contributed by atoms with E-state index in [9.17, 15) is 0 Å². The van der Waals surface area contributed by atoms with Crippen LogP contribution in [0.2, 0.25) is 0 Å². The highest BCUT2D eigenvalue weighted by atomic mass is 15.2. The Bertz CT molecular complexity index is 325. The molecule has 16 heavy (non-hydrogen) atoms. The van der Waals surface area contributed by atoms with Crippen molar-refractivity contribution in [2.24, 2.45) is 0 Å². The molecule has 0 atom stereocenters. The molecule has 0 aliphatic rings. The van der Waals surface area contributed by atoms with Gasteiger partial charge >= 0.3 is 0 Å². The van der Waals surface area contributed by atoms with Gasteiger partial charge in [0, 0.05) is 25.6 Å². The molecular weight excluding hydrogens is 200 g/mol. The Kier molecular flexibility index (Phi) is 5.02. The maximum absolute atomic E-state index is 5.78. The highest BCUT2D eigenvalue weighted by molar-refractivity contribution is 5.46. The van der Waals surface area contributed by atoms with Crippen LogP contribution in [0.3, 0.4) is 0 Å². The Morgan fingerprint density at radius 2 is 2.00 bits per heavy atom. The van der Waals surface area contributed by atoms with E-state index in [0.717, 1.165) is 31.2 Å². The highest BCUT2D eigenvalue weighted by Crippen LogP contribution is 2.14. The first-order valence-corrected chi connectivity index (χ1v) is 6.09. The van der Waals surface area contributed by atoms with Crippen molar-refractivity contribution in [3.8, 4) is 0 Å². The summed E-state index contributed by atoms with van der Waals surface area (Å²) in [5, 5.41) is 0. The summed E-state index contributed by atoms with van der Waals surface area (Å²) in [6.45, 7) is 8.37. The minimum atomic E-state index is 0.566. The molecule has 2 N–H and O–H groups in total. The zero-order valence-corrected chi connectivity index (χ0v) is 10.5. The van der Waals surface area contributed by atoms with Crippen LogP contribution in [0.1, 0.15) is 39.4 Å². The summed E-state index contributed by atoms with van der Waals surface area (Å²) in [4.78, 5) is 11.0. The summed E-state index contributed by atoms with van der Waals surface area (Å²) in [5.41, 5.74) is 5.78. The third kappa shape index (κ3) is 3.36. The summed E-state index contributed by atoms with van der Waals surface area (Å²) >= 11 is 0. The lowest BCUT2D eigenvalue weighted by Gasteiger charge is -2.22. The van der Waals surface area contributed by atoms with Crippen LogP contribution in [0.5, 0.6) is 0 Å². The topological polar surface area (TPSA) is 55.0 Å². The van der Waals surface area contributed by atoms with E-state index in [1.807, 2.05) is 13.0 Å². The fraction of sp³-hybridized carbons (Fsp3) is 0.667. The summed E-state index contributed by atoms with van der Waals surface area (Å²) in [6.07, 6.45) is 3.19. The fourth-order valence-corrected chi connectivity index (χ4v) is 1.61. The minimum Gasteiger partial charge on any atom is -0.384 e. The minimum absolute atomic E-state index is 0.566. The fourth-order valence-electron chi connectivity index (χ4n) is 1.61. The average Bonchev–Trinajstić information content (AvgIpc) is 2.29. The van der Waals surface area contributed by atoms with E-state index in [4.69, 9.17) is 5.73 Å². The molecule has 1 rings (SSSR count). The van der Waals surface area contributed by atoms with E-state index in [1.54, 1.807) is 0 Å². The van der Waals surface area contributed by atoms with Gasteiger partial charge < -0.3 is 10.6 Å². The van der Waals surface area contributed by atoms with Gasteiger partial charge in [0.2, 0.25) is 0 Å². The van der Waals surface area contributed by atoms with Gasteiger partial charge in [0.1, 0.15) is 17.5 Å². The number of anilines is 2. The normalized spacial score (nSPS) is 10.4. The lowest BCUT2D eigenvalue weighted by Crippen LogP contribution is -2.25. The van der Waals surface area contributed by atoms with Crippen molar-refractivity contribution in [3.63, 3.8) is 0 Å². The number of unbranched alkanes of at least 4 members (excludes halogenated alkanes) is 1. The molecule has 1 aromatic rings. The summed E-state index contributed by atoms with van der Waals surface area (Å²) < 4.78 is 0. The molecule has 0 radical (unpaired) electrons. The Balaban J connectivity index is 2.86. The number of nitrogens with two attached hydrogens (primary N) is 1. The van der Waals surface area contributed by atoms with E-state index in [0.29, 0.717) is 5.82 Å². The first-order chi connectivity index (χ1) is 7.71. The number of hydrogen-bond acceptors (Lipinski definition) is 4. The first-order valence-electron chi connectivity index (χ1n) is 6.09. The second-order valence-electron chi connectivity index (χ2n) is 3.85. The maximum atomic E-state index is 5.78. The van der Waals surface area contributed by atoms with Crippen LogP contribution < -0.4 is 10.6 Å². The first kappa shape index (κ1) is 12.7. The van der Waals surface area contributed by atoms with Gasteiger partial charge in [-0.15, -0.1) is 0 Å². The second-order valence-corrected chi connectivity index (χ2v) is 3.85. The predicted molar refractivity (Wildman–Crippen MR) is 68.6 cm³/mol. The standard InChI is InChI=1S/C12H22N4/c1-4-7-8-16(6-3)12-9-10(13)14-11(5-2)15-12/h9H,4-8H2,1-3H3,(H2,13,14,15). The zero-order valence-electron chi connectivity index (χ0n) is 10.5. The van der Waals surface area contributed by atoms with Gasteiger partial charge in [-0.2, -0.15) is 0 Å². The summed E-state index contributed by atoms with van der Waals surface area (Å²) in [5.74, 6) is 2.35. The van der Waals surface area contributed by atoms with E-state index < -0.39 is 0 Å². The van der Waals surface area contributed by atoms with Gasteiger partial charge in [-0.05, 0) is 13.3 Å². The van der Waals surface area contributed by atoms with Crippen LogP contribution >= 0.6 is 0 Å². The van der Waals surface area contributed by atoms with Crippen molar-refractivity contribution >= 4 is 11.6 Å². The molecule has 4 heteroatoms. The number of nitrogen functional groups attached to an aromatic ring is 1. The third-order valence-corrected chi connectivity index (χ3v) is 2.58. The lowest BCUT2D eigenvalue weighted by molar-refractivity contribution is 0.719. The second kappa shape index (κ2) is 6.30. The Morgan fingerprint density at radius 1 is 1.25 bits per heavy atom. The molecule has 90 valence electrons. The Hall–Kier alpha value is -1.32. The van der Waals surface area contributed by atoms with Crippen LogP contribution in [-0.2, 0) is 6.42 Å². The van der Waals surface area contributed by atoms with Crippen LogP contribution in [0, 0.1) is 0 Å². The molecular formula is C12H22N4. The van der Waals surface area contributed by atoms with E-state index >= 15 is 0 Å². The molecule has 0 aliphatic heterocycles. The molecule has 1 aromatic heterocycles. The molecule has 0 saturated carbocycles. The van der Waals surface area contributed by atoms with Gasteiger partial charge in [-0.3, -0.25) is 0 Å². The number of aromatic nitrogens is 2. The number of hydrogen-bond donors (Lipinski definition) is 1. The highest BCUT2D eigenvalue weighted by Gasteiger charge is 2.07. The van der Waals surface area contributed by atoms with Crippen molar-refractivity contribution < 1.29 is 0 Å². The van der Waals surface area contributed by atoms with Gasteiger partial charge in [-0.25, -0.2) is 9.97 Å². The lowest BCUT2D eigenvalue weighted by atomic mass is 10.3. The van der Waals surface area contributed by atoms with Gasteiger partial charge in [0.25, 0.3) is 0 Å². The third-order valence-electron chi connectivity index (χ3n) is 2.58. The molecule has 0 spiro atoms. The van der Waals surface area contributed by atoms with Crippen LogP contribution in [0.15, 0.2) is 6.07 Å². The average molecular weight is 222 g/mol. The summed E-state index contributed by atoms with van der Waals surface area (Å²) in [6, 6.07) is 1.86. The van der Waals surface area contributed by atoms with Gasteiger partial charge in [0.05, 0.1) is 0 Å². The quantitative estimate of drug-likeness (QED) is 0.802. The molecule has 0 amide bonds. The smallest absolute Gasteiger partial charge is 0.134 e. The van der Waals surface area contributed by atoms with E-state index in [2.05, 4.69) is 28.7 Å². The molecule has 0 saturated heterocycles. The van der Waals surface area contributed by atoms with Crippen molar-refractivity contribution in [3.05, 3.63) is 11.9 Å². The molecule has 0 bridgehead atoms. The molecule has 0 aliphatic carbocycles. The van der Waals surface area contributed by atoms with Crippen molar-refractivity contribution in [1.29, 1.82) is 0 Å². The van der Waals surface area contributed by atoms with E-state index in [-0.39, 0.29) is 0 Å². The molecule has 1 heterocycles. The predicted octanol–water partition coefficient (Wildman–Crippen LogP) is 2.25. The van der Waals surface area contributed by atoms with E-state index in [1.165, 1.54) is 12.8 Å². The zero-order chi connectivity index (χ0) is 12.0. The monoisotopic (exact) mass is 222 g/mol. The number of aryl methyl sites for hydroxylation is 1. The summed E-state index contributed by atoms with van der Waals surface area (Å²) in [7, 11) is 0. The van der Waals surface area contributed by atoms with Crippen molar-refractivity contribution in [1.82, 2.24) is 9.97 Å². The largest absolute Gasteiger partial charge is 0.384 e. The molecule has 0 unspecified atom stereocenters. The molecule has 4 nitrogen and oxygen atoms in total. The van der Waals surface area contributed by atoms with Crippen LogP contribution in [0.25, 0.3) is 0 Å². The SMILES string of the molecule is CCCCN(CC)c1cc(N)nc(CC)n1. The van der Waals surface area contributed by atoms with Gasteiger partial charge in [0.15, 0.2) is 0 Å².